The molecule has 0 atom stereocenters. The van der Waals surface area contributed by atoms with Crippen LogP contribution >= 0.6 is 27.7 Å². The van der Waals surface area contributed by atoms with Crippen molar-refractivity contribution in [2.75, 3.05) is 18.2 Å². The first-order chi connectivity index (χ1) is 13.5. The highest BCUT2D eigenvalue weighted by atomic mass is 79.9. The van der Waals surface area contributed by atoms with Gasteiger partial charge >= 0.3 is 5.97 Å². The average Bonchev–Trinajstić information content (AvgIpc) is 3.15. The molecule has 0 aliphatic carbocycles. The Balaban J connectivity index is 1.55. The van der Waals surface area contributed by atoms with Crippen LogP contribution < -0.4 is 5.32 Å². The van der Waals surface area contributed by atoms with Gasteiger partial charge < -0.3 is 14.5 Å². The number of esters is 1. The maximum atomic E-state index is 12.2. The van der Waals surface area contributed by atoms with Gasteiger partial charge in [-0.05, 0) is 29.8 Å². The second kappa shape index (κ2) is 9.52. The molecule has 0 aliphatic rings. The Morgan fingerprint density at radius 3 is 2.64 bits per heavy atom. The standard InChI is InChI=1S/C19H16BrN3O4S/c1-26-18(25)14-4-2-3-5-15(14)21-16(24)11-28-19-23-22-17(27-19)10-12-6-8-13(20)9-7-12/h2-9H,10-11H2,1H3,(H,21,24). The second-order valence-corrected chi connectivity index (χ2v) is 7.48. The number of ether oxygens (including phenoxy) is 1. The van der Waals surface area contributed by atoms with Crippen molar-refractivity contribution < 1.29 is 18.7 Å². The lowest BCUT2D eigenvalue weighted by molar-refractivity contribution is -0.113. The first-order valence-corrected chi connectivity index (χ1v) is 10.00. The third-order valence-electron chi connectivity index (χ3n) is 3.65. The van der Waals surface area contributed by atoms with Crippen LogP contribution in [0.5, 0.6) is 0 Å². The van der Waals surface area contributed by atoms with Crippen molar-refractivity contribution in [2.45, 2.75) is 11.6 Å². The number of nitrogens with zero attached hydrogens (tertiary/aromatic N) is 2. The summed E-state index contributed by atoms with van der Waals surface area (Å²) in [5.74, 6) is -0.275. The SMILES string of the molecule is COC(=O)c1ccccc1NC(=O)CSc1nnc(Cc2ccc(Br)cc2)o1. The molecule has 0 unspecified atom stereocenters. The van der Waals surface area contributed by atoms with Gasteiger partial charge in [-0.3, -0.25) is 4.79 Å². The topological polar surface area (TPSA) is 94.3 Å². The number of para-hydroxylation sites is 1. The molecule has 2 aromatic carbocycles. The zero-order valence-electron chi connectivity index (χ0n) is 14.8. The number of hydrogen-bond donors (Lipinski definition) is 1. The molecular formula is C19H16BrN3O4S. The molecule has 28 heavy (non-hydrogen) atoms. The number of benzene rings is 2. The third kappa shape index (κ3) is 5.43. The minimum Gasteiger partial charge on any atom is -0.465 e. The molecule has 7 nitrogen and oxygen atoms in total. The van der Waals surface area contributed by atoms with E-state index >= 15 is 0 Å². The van der Waals surface area contributed by atoms with E-state index < -0.39 is 5.97 Å². The van der Waals surface area contributed by atoms with Crippen molar-refractivity contribution >= 4 is 45.3 Å². The monoisotopic (exact) mass is 461 g/mol. The number of nitrogens with one attached hydrogen (secondary N) is 1. The molecular weight excluding hydrogens is 446 g/mol. The summed E-state index contributed by atoms with van der Waals surface area (Å²) >= 11 is 4.52. The number of rotatable bonds is 7. The van der Waals surface area contributed by atoms with Gasteiger partial charge in [0.05, 0.1) is 30.5 Å². The largest absolute Gasteiger partial charge is 0.465 e. The molecule has 0 radical (unpaired) electrons. The summed E-state index contributed by atoms with van der Waals surface area (Å²) in [6.45, 7) is 0. The highest BCUT2D eigenvalue weighted by Gasteiger charge is 2.15. The number of carbonyl (C=O) groups excluding carboxylic acids is 2. The number of anilines is 1. The van der Waals surface area contributed by atoms with Gasteiger partial charge in [0.2, 0.25) is 11.8 Å². The van der Waals surface area contributed by atoms with Gasteiger partial charge in [0, 0.05) is 4.47 Å². The fourth-order valence-corrected chi connectivity index (χ4v) is 3.18. The summed E-state index contributed by atoms with van der Waals surface area (Å²) in [6.07, 6.45) is 0.513. The van der Waals surface area contributed by atoms with E-state index in [-0.39, 0.29) is 17.2 Å². The number of aromatic nitrogens is 2. The molecule has 1 amide bonds. The molecule has 1 N–H and O–H groups in total. The van der Waals surface area contributed by atoms with Crippen molar-refractivity contribution in [2.24, 2.45) is 0 Å². The predicted molar refractivity (Wildman–Crippen MR) is 108 cm³/mol. The molecule has 1 aromatic heterocycles. The fraction of sp³-hybridized carbons (Fsp3) is 0.158. The van der Waals surface area contributed by atoms with Gasteiger partial charge in [-0.1, -0.05) is 52.0 Å². The smallest absolute Gasteiger partial charge is 0.339 e. The van der Waals surface area contributed by atoms with Crippen LogP contribution in [0.4, 0.5) is 5.69 Å². The molecule has 0 bridgehead atoms. The molecule has 144 valence electrons. The Labute approximate surface area is 174 Å². The summed E-state index contributed by atoms with van der Waals surface area (Å²) < 4.78 is 11.3. The number of amides is 1. The predicted octanol–water partition coefficient (Wildman–Crippen LogP) is 3.94. The van der Waals surface area contributed by atoms with E-state index in [9.17, 15) is 9.59 Å². The van der Waals surface area contributed by atoms with Crippen molar-refractivity contribution in [1.29, 1.82) is 0 Å². The molecule has 0 saturated heterocycles. The summed E-state index contributed by atoms with van der Waals surface area (Å²) in [5.41, 5.74) is 1.72. The minimum atomic E-state index is -0.516. The van der Waals surface area contributed by atoms with Gasteiger partial charge in [-0.15, -0.1) is 10.2 Å². The lowest BCUT2D eigenvalue weighted by Crippen LogP contribution is -2.17. The minimum absolute atomic E-state index is 0.0649. The summed E-state index contributed by atoms with van der Waals surface area (Å²) in [6, 6.07) is 14.5. The summed E-state index contributed by atoms with van der Waals surface area (Å²) in [4.78, 5) is 24.0. The van der Waals surface area contributed by atoms with E-state index in [1.165, 1.54) is 7.11 Å². The zero-order chi connectivity index (χ0) is 19.9. The van der Waals surface area contributed by atoms with Gasteiger partial charge in [0.25, 0.3) is 5.22 Å². The fourth-order valence-electron chi connectivity index (χ4n) is 2.34. The maximum absolute atomic E-state index is 12.2. The Morgan fingerprint density at radius 1 is 1.14 bits per heavy atom. The van der Waals surface area contributed by atoms with Crippen LogP contribution in [-0.2, 0) is 16.0 Å². The first kappa shape index (κ1) is 20.1. The number of hydrogen-bond acceptors (Lipinski definition) is 7. The molecule has 3 rings (SSSR count). The first-order valence-electron chi connectivity index (χ1n) is 8.22. The maximum Gasteiger partial charge on any atom is 0.339 e. The molecule has 0 spiro atoms. The molecule has 0 aliphatic heterocycles. The quantitative estimate of drug-likeness (QED) is 0.420. The van der Waals surface area contributed by atoms with Gasteiger partial charge in [-0.2, -0.15) is 0 Å². The number of halogens is 1. The number of methoxy groups -OCH3 is 1. The Morgan fingerprint density at radius 2 is 1.89 bits per heavy atom. The lowest BCUT2D eigenvalue weighted by Gasteiger charge is -2.08. The van der Waals surface area contributed by atoms with Crippen LogP contribution in [0, 0.1) is 0 Å². The van der Waals surface area contributed by atoms with Crippen LogP contribution in [0.25, 0.3) is 0 Å². The zero-order valence-corrected chi connectivity index (χ0v) is 17.2. The van der Waals surface area contributed by atoms with E-state index in [2.05, 4.69) is 31.4 Å². The Hall–Kier alpha value is -2.65. The molecule has 0 saturated carbocycles. The molecule has 0 fully saturated rings. The molecule has 1 heterocycles. The highest BCUT2D eigenvalue weighted by molar-refractivity contribution is 9.10. The van der Waals surface area contributed by atoms with E-state index in [0.29, 0.717) is 23.2 Å². The third-order valence-corrected chi connectivity index (χ3v) is 5.00. The average molecular weight is 462 g/mol. The number of carbonyl (C=O) groups is 2. The normalized spacial score (nSPS) is 10.5. The van der Waals surface area contributed by atoms with Gasteiger partial charge in [0.1, 0.15) is 0 Å². The van der Waals surface area contributed by atoms with Crippen LogP contribution in [0.15, 0.2) is 62.6 Å². The second-order valence-electron chi connectivity index (χ2n) is 5.64. The van der Waals surface area contributed by atoms with Crippen LogP contribution in [0.2, 0.25) is 0 Å². The summed E-state index contributed by atoms with van der Waals surface area (Å²) in [7, 11) is 1.29. The van der Waals surface area contributed by atoms with Crippen LogP contribution in [-0.4, -0.2) is 34.9 Å². The lowest BCUT2D eigenvalue weighted by atomic mass is 10.2. The Bertz CT molecular complexity index is 975. The van der Waals surface area contributed by atoms with Crippen LogP contribution in [0.3, 0.4) is 0 Å². The van der Waals surface area contributed by atoms with Gasteiger partial charge in [-0.25, -0.2) is 4.79 Å². The van der Waals surface area contributed by atoms with Crippen molar-refractivity contribution in [1.82, 2.24) is 10.2 Å². The van der Waals surface area contributed by atoms with Crippen LogP contribution in [0.1, 0.15) is 21.8 Å². The van der Waals surface area contributed by atoms with E-state index in [1.807, 2.05) is 24.3 Å². The van der Waals surface area contributed by atoms with Gasteiger partial charge in [0.15, 0.2) is 0 Å². The number of thioether (sulfide) groups is 1. The van der Waals surface area contributed by atoms with Crippen molar-refractivity contribution in [3.05, 3.63) is 70.0 Å². The van der Waals surface area contributed by atoms with Crippen molar-refractivity contribution in [3.63, 3.8) is 0 Å². The van der Waals surface area contributed by atoms with E-state index in [1.54, 1.807) is 24.3 Å². The van der Waals surface area contributed by atoms with E-state index in [0.717, 1.165) is 21.8 Å². The highest BCUT2D eigenvalue weighted by Crippen LogP contribution is 2.20. The Kier molecular flexibility index (Phi) is 6.83. The van der Waals surface area contributed by atoms with E-state index in [4.69, 9.17) is 9.15 Å². The van der Waals surface area contributed by atoms with Crippen molar-refractivity contribution in [3.8, 4) is 0 Å². The summed E-state index contributed by atoms with van der Waals surface area (Å²) in [5, 5.41) is 11.0. The molecule has 9 heteroatoms. The molecule has 3 aromatic rings.